The molecule has 1 unspecified atom stereocenters. The SMILES string of the molecule is [H+].c1cncc(C2CCN2)c1. The lowest BCUT2D eigenvalue weighted by atomic mass is 10.0. The number of nitrogens with zero attached hydrogens (tertiary/aromatic N) is 1. The van der Waals surface area contributed by atoms with Crippen LogP contribution >= 0.6 is 0 Å². The third-order valence-corrected chi connectivity index (χ3v) is 1.91. The van der Waals surface area contributed by atoms with Crippen LogP contribution in [0.4, 0.5) is 0 Å². The molecule has 2 heterocycles. The zero-order valence-corrected chi connectivity index (χ0v) is 5.75. The average Bonchev–Trinajstić information content (AvgIpc) is 1.86. The monoisotopic (exact) mass is 135 g/mol. The summed E-state index contributed by atoms with van der Waals surface area (Å²) in [5.41, 5.74) is 1.31. The fraction of sp³-hybridized carbons (Fsp3) is 0.375. The minimum atomic E-state index is 0. The summed E-state index contributed by atoms with van der Waals surface area (Å²) in [5.74, 6) is 0. The van der Waals surface area contributed by atoms with Crippen LogP contribution in [-0.4, -0.2) is 11.5 Å². The van der Waals surface area contributed by atoms with Crippen LogP contribution in [0.1, 0.15) is 19.5 Å². The molecular formula is C8H11N2+. The van der Waals surface area contributed by atoms with E-state index in [2.05, 4.69) is 16.4 Å². The van der Waals surface area contributed by atoms with E-state index < -0.39 is 0 Å². The van der Waals surface area contributed by atoms with Crippen LogP contribution in [0.3, 0.4) is 0 Å². The quantitative estimate of drug-likeness (QED) is 0.626. The van der Waals surface area contributed by atoms with Crippen molar-refractivity contribution in [2.75, 3.05) is 6.54 Å². The number of rotatable bonds is 1. The first-order chi connectivity index (χ1) is 4.97. The second-order valence-corrected chi connectivity index (χ2v) is 2.58. The Labute approximate surface area is 61.8 Å². The van der Waals surface area contributed by atoms with E-state index in [0.717, 1.165) is 6.54 Å². The van der Waals surface area contributed by atoms with Gasteiger partial charge in [0.2, 0.25) is 0 Å². The number of nitrogens with one attached hydrogen (secondary N) is 1. The van der Waals surface area contributed by atoms with Gasteiger partial charge in [-0.25, -0.2) is 0 Å². The molecule has 10 heavy (non-hydrogen) atoms. The Morgan fingerprint density at radius 1 is 1.70 bits per heavy atom. The van der Waals surface area contributed by atoms with E-state index in [4.69, 9.17) is 0 Å². The maximum Gasteiger partial charge on any atom is 1.00 e. The Morgan fingerprint density at radius 2 is 2.60 bits per heavy atom. The van der Waals surface area contributed by atoms with Gasteiger partial charge in [0.1, 0.15) is 0 Å². The number of hydrogen-bond acceptors (Lipinski definition) is 2. The Hall–Kier alpha value is -0.890. The first kappa shape index (κ1) is 5.86. The molecule has 1 fully saturated rings. The van der Waals surface area contributed by atoms with Gasteiger partial charge in [-0.05, 0) is 24.6 Å². The van der Waals surface area contributed by atoms with E-state index >= 15 is 0 Å². The van der Waals surface area contributed by atoms with Crippen molar-refractivity contribution in [3.05, 3.63) is 30.1 Å². The maximum atomic E-state index is 4.05. The normalized spacial score (nSPS) is 23.8. The molecule has 1 saturated heterocycles. The van der Waals surface area contributed by atoms with Crippen molar-refractivity contribution >= 4 is 0 Å². The summed E-state index contributed by atoms with van der Waals surface area (Å²) < 4.78 is 0. The van der Waals surface area contributed by atoms with Gasteiger partial charge in [0.15, 0.2) is 0 Å². The molecule has 2 heteroatoms. The van der Waals surface area contributed by atoms with Crippen LogP contribution in [0.25, 0.3) is 0 Å². The molecule has 2 rings (SSSR count). The van der Waals surface area contributed by atoms with Gasteiger partial charge in [0, 0.05) is 18.4 Å². The summed E-state index contributed by atoms with van der Waals surface area (Å²) in [6.45, 7) is 1.15. The number of aromatic nitrogens is 1. The highest BCUT2D eigenvalue weighted by Gasteiger charge is 2.17. The summed E-state index contributed by atoms with van der Waals surface area (Å²) >= 11 is 0. The van der Waals surface area contributed by atoms with E-state index in [0.29, 0.717) is 6.04 Å². The molecule has 0 aliphatic carbocycles. The molecule has 1 aromatic heterocycles. The summed E-state index contributed by atoms with van der Waals surface area (Å²) in [4.78, 5) is 4.05. The molecule has 2 nitrogen and oxygen atoms in total. The second-order valence-electron chi connectivity index (χ2n) is 2.58. The Balaban J connectivity index is 0.000000605. The molecule has 1 N–H and O–H groups in total. The summed E-state index contributed by atoms with van der Waals surface area (Å²) in [6.07, 6.45) is 4.99. The molecule has 0 spiro atoms. The molecule has 0 aromatic carbocycles. The Morgan fingerprint density at radius 3 is 3.10 bits per heavy atom. The zero-order chi connectivity index (χ0) is 6.81. The third-order valence-electron chi connectivity index (χ3n) is 1.91. The first-order valence-electron chi connectivity index (χ1n) is 3.60. The fourth-order valence-corrected chi connectivity index (χ4v) is 1.16. The standard InChI is InChI=1S/C8H10N2/c1-2-7(6-9-4-1)8-3-5-10-8/h1-2,4,6,8,10H,3,5H2/p+1. The van der Waals surface area contributed by atoms with Crippen molar-refractivity contribution in [2.24, 2.45) is 0 Å². The van der Waals surface area contributed by atoms with Gasteiger partial charge < -0.3 is 5.32 Å². The van der Waals surface area contributed by atoms with Gasteiger partial charge in [0.05, 0.1) is 0 Å². The van der Waals surface area contributed by atoms with Crippen molar-refractivity contribution < 1.29 is 1.43 Å². The van der Waals surface area contributed by atoms with Crippen LogP contribution in [0.15, 0.2) is 24.5 Å². The molecule has 1 aliphatic heterocycles. The molecule has 0 bridgehead atoms. The predicted octanol–water partition coefficient (Wildman–Crippen LogP) is 1.23. The zero-order valence-electron chi connectivity index (χ0n) is 6.75. The first-order valence-corrected chi connectivity index (χ1v) is 3.60. The Kier molecular flexibility index (Phi) is 1.40. The van der Waals surface area contributed by atoms with Crippen molar-refractivity contribution in [3.8, 4) is 0 Å². The van der Waals surface area contributed by atoms with Crippen LogP contribution in [0.2, 0.25) is 0 Å². The topological polar surface area (TPSA) is 24.9 Å². The van der Waals surface area contributed by atoms with Crippen LogP contribution in [-0.2, 0) is 0 Å². The van der Waals surface area contributed by atoms with Crippen molar-refractivity contribution in [1.82, 2.24) is 10.3 Å². The molecule has 1 aliphatic rings. The number of hydrogen-bond donors (Lipinski definition) is 1. The van der Waals surface area contributed by atoms with Gasteiger partial charge in [-0.2, -0.15) is 0 Å². The highest BCUT2D eigenvalue weighted by molar-refractivity contribution is 5.15. The lowest BCUT2D eigenvalue weighted by Crippen LogP contribution is -2.34. The average molecular weight is 135 g/mol. The molecule has 0 amide bonds. The Bertz CT molecular complexity index is 209. The number of pyridine rings is 1. The van der Waals surface area contributed by atoms with Crippen LogP contribution < -0.4 is 5.32 Å². The molecule has 1 atom stereocenters. The minimum absolute atomic E-state index is 0. The minimum Gasteiger partial charge on any atom is -0.310 e. The van der Waals surface area contributed by atoms with Crippen LogP contribution in [0, 0.1) is 0 Å². The smallest absolute Gasteiger partial charge is 0.310 e. The van der Waals surface area contributed by atoms with Gasteiger partial charge in [-0.1, -0.05) is 6.07 Å². The van der Waals surface area contributed by atoms with E-state index in [-0.39, 0.29) is 1.43 Å². The van der Waals surface area contributed by atoms with Gasteiger partial charge in [-0.3, -0.25) is 4.98 Å². The highest BCUT2D eigenvalue weighted by atomic mass is 15.0. The lowest BCUT2D eigenvalue weighted by Gasteiger charge is -2.27. The van der Waals surface area contributed by atoms with Gasteiger partial charge >= 0.3 is 1.43 Å². The third kappa shape index (κ3) is 0.907. The summed E-state index contributed by atoms with van der Waals surface area (Å²) in [5, 5.41) is 3.32. The molecule has 52 valence electrons. The van der Waals surface area contributed by atoms with Gasteiger partial charge in [-0.15, -0.1) is 0 Å². The highest BCUT2D eigenvalue weighted by Crippen LogP contribution is 2.20. The molecular weight excluding hydrogens is 124 g/mol. The van der Waals surface area contributed by atoms with E-state index in [1.807, 2.05) is 18.5 Å². The van der Waals surface area contributed by atoms with E-state index in [1.165, 1.54) is 12.0 Å². The predicted molar refractivity (Wildman–Crippen MR) is 40.7 cm³/mol. The van der Waals surface area contributed by atoms with Gasteiger partial charge in [0.25, 0.3) is 0 Å². The lowest BCUT2D eigenvalue weighted by molar-refractivity contribution is 0.382. The van der Waals surface area contributed by atoms with Crippen molar-refractivity contribution in [1.29, 1.82) is 0 Å². The molecule has 1 aromatic rings. The van der Waals surface area contributed by atoms with Crippen molar-refractivity contribution in [3.63, 3.8) is 0 Å². The second kappa shape index (κ2) is 2.39. The molecule has 0 radical (unpaired) electrons. The van der Waals surface area contributed by atoms with Crippen LogP contribution in [0.5, 0.6) is 0 Å². The summed E-state index contributed by atoms with van der Waals surface area (Å²) in [6, 6.07) is 4.67. The van der Waals surface area contributed by atoms with E-state index in [9.17, 15) is 0 Å². The molecule has 0 saturated carbocycles. The summed E-state index contributed by atoms with van der Waals surface area (Å²) in [7, 11) is 0. The van der Waals surface area contributed by atoms with E-state index in [1.54, 1.807) is 0 Å². The largest absolute Gasteiger partial charge is 1.00 e. The fourth-order valence-electron chi connectivity index (χ4n) is 1.16. The maximum absolute atomic E-state index is 4.05. The van der Waals surface area contributed by atoms with Crippen molar-refractivity contribution in [2.45, 2.75) is 12.5 Å².